The summed E-state index contributed by atoms with van der Waals surface area (Å²) in [6, 6.07) is 7.29. The van der Waals surface area contributed by atoms with Gasteiger partial charge in [0, 0.05) is 7.11 Å². The molecule has 0 aliphatic carbocycles. The van der Waals surface area contributed by atoms with Crippen LogP contribution in [0.1, 0.15) is 74.8 Å². The fourth-order valence-corrected chi connectivity index (χ4v) is 11.3. The van der Waals surface area contributed by atoms with Crippen LogP contribution in [0.25, 0.3) is 10.8 Å². The second-order valence-electron chi connectivity index (χ2n) is 12.4. The van der Waals surface area contributed by atoms with Crippen molar-refractivity contribution in [1.82, 2.24) is 0 Å². The molecule has 0 unspecified atom stereocenters. The van der Waals surface area contributed by atoms with Crippen molar-refractivity contribution in [3.63, 3.8) is 0 Å². The number of ether oxygens (including phenoxy) is 2. The second kappa shape index (κ2) is 10.5. The topological polar surface area (TPSA) is 27.7 Å². The van der Waals surface area contributed by atoms with E-state index in [1.54, 1.807) is 7.11 Å². The minimum atomic E-state index is -2.04. The maximum Gasteiger partial charge on any atom is 0.328 e. The van der Waals surface area contributed by atoms with Gasteiger partial charge in [-0.05, 0) is 76.6 Å². The quantitative estimate of drug-likeness (QED) is 0.219. The molecule has 1 heterocycles. The van der Waals surface area contributed by atoms with Gasteiger partial charge in [0.05, 0.1) is 11.2 Å². The summed E-state index contributed by atoms with van der Waals surface area (Å²) in [6.45, 7) is 22.4. The highest BCUT2D eigenvalue weighted by atomic mass is 28.3. The molecule has 196 valence electrons. The van der Waals surface area contributed by atoms with Crippen molar-refractivity contribution < 1.29 is 18.5 Å². The van der Waals surface area contributed by atoms with Gasteiger partial charge in [0.15, 0.2) is 6.79 Å². The molecule has 0 saturated carbocycles. The molecule has 3 rings (SSSR count). The van der Waals surface area contributed by atoms with Gasteiger partial charge in [0.2, 0.25) is 0 Å². The van der Waals surface area contributed by atoms with Crippen LogP contribution in [0.5, 0.6) is 5.75 Å². The van der Waals surface area contributed by atoms with Crippen LogP contribution in [0.3, 0.4) is 0 Å². The average Bonchev–Trinajstić information content (AvgIpc) is 2.99. The number of hydrogen-bond acceptors (Lipinski definition) is 3. The molecular weight excluding hydrogens is 466 g/mol. The minimum Gasteiger partial charge on any atom is -0.468 e. The largest absolute Gasteiger partial charge is 0.468 e. The lowest BCUT2D eigenvalue weighted by molar-refractivity contribution is 0.0375. The Morgan fingerprint density at radius 3 is 2.14 bits per heavy atom. The number of hydrogen-bond donors (Lipinski definition) is 0. The first-order valence-corrected chi connectivity index (χ1v) is 15.5. The van der Waals surface area contributed by atoms with Crippen LogP contribution in [0, 0.1) is 22.7 Å². The van der Waals surface area contributed by atoms with Gasteiger partial charge in [0.1, 0.15) is 19.6 Å². The lowest BCUT2D eigenvalue weighted by Gasteiger charge is -2.38. The summed E-state index contributed by atoms with van der Waals surface area (Å²) in [5.41, 5.74) is 6.20. The smallest absolute Gasteiger partial charge is 0.328 e. The Morgan fingerprint density at radius 1 is 1.03 bits per heavy atom. The van der Waals surface area contributed by atoms with Gasteiger partial charge in [-0.2, -0.15) is 0 Å². The highest BCUT2D eigenvalue weighted by Crippen LogP contribution is 2.46. The maximum atomic E-state index is 15.6. The van der Waals surface area contributed by atoms with Gasteiger partial charge in [0.25, 0.3) is 0 Å². The van der Waals surface area contributed by atoms with E-state index < -0.39 is 8.07 Å². The summed E-state index contributed by atoms with van der Waals surface area (Å²) in [6.07, 6.45) is 0.828. The number of methoxy groups -OCH3 is 1. The van der Waals surface area contributed by atoms with Gasteiger partial charge >= 0.3 is 6.92 Å². The Kier molecular flexibility index (Phi) is 8.40. The van der Waals surface area contributed by atoms with Gasteiger partial charge in [-0.3, -0.25) is 0 Å². The molecule has 0 spiro atoms. The standard InChI is InChI=1S/C30H44BFO3Si/c1-20(2)36(21(3)4,22(5)6)15-14-25-27(32)13-12-23-16-24(34-19-33-11)17-26(28(23)25)31-18-29(7,8)30(9,10)35-31/h12-13,16-17,20-22H,18-19H2,1-11H3. The number of halogens is 1. The van der Waals surface area contributed by atoms with E-state index in [1.165, 1.54) is 6.07 Å². The van der Waals surface area contributed by atoms with E-state index in [0.29, 0.717) is 27.9 Å². The van der Waals surface area contributed by atoms with Crippen molar-refractivity contribution in [2.24, 2.45) is 5.41 Å². The molecule has 0 bridgehead atoms. The molecule has 1 aliphatic heterocycles. The SMILES string of the molecule is COCOc1cc(B2CC(C)(C)C(C)(C)O2)c2c(C#C[Si](C(C)C)(C(C)C)C(C)C)c(F)ccc2c1. The van der Waals surface area contributed by atoms with Gasteiger partial charge < -0.3 is 14.1 Å². The third-order valence-corrected chi connectivity index (χ3v) is 15.1. The van der Waals surface area contributed by atoms with E-state index >= 15 is 4.39 Å². The van der Waals surface area contributed by atoms with Crippen LogP contribution in [0.15, 0.2) is 24.3 Å². The highest BCUT2D eigenvalue weighted by molar-refractivity contribution is 6.90. The molecule has 2 aromatic rings. The fraction of sp³-hybridized carbons (Fsp3) is 0.600. The highest BCUT2D eigenvalue weighted by Gasteiger charge is 2.50. The molecule has 1 fully saturated rings. The zero-order chi connectivity index (χ0) is 27.1. The molecule has 0 radical (unpaired) electrons. The first-order valence-electron chi connectivity index (χ1n) is 13.3. The Morgan fingerprint density at radius 2 is 1.64 bits per heavy atom. The average molecular weight is 511 g/mol. The van der Waals surface area contributed by atoms with E-state index in [9.17, 15) is 0 Å². The van der Waals surface area contributed by atoms with Crippen LogP contribution >= 0.6 is 0 Å². The van der Waals surface area contributed by atoms with Crippen LogP contribution in [0.4, 0.5) is 4.39 Å². The lowest BCUT2D eigenvalue weighted by Crippen LogP contribution is -2.43. The minimum absolute atomic E-state index is 0.0401. The van der Waals surface area contributed by atoms with Crippen molar-refractivity contribution >= 4 is 31.2 Å². The summed E-state index contributed by atoms with van der Waals surface area (Å²) in [5.74, 6) is 3.83. The maximum absolute atomic E-state index is 15.6. The molecule has 1 saturated heterocycles. The molecule has 1 aliphatic rings. The summed E-state index contributed by atoms with van der Waals surface area (Å²) in [5, 5.41) is 1.74. The van der Waals surface area contributed by atoms with Gasteiger partial charge in [-0.25, -0.2) is 4.39 Å². The van der Waals surface area contributed by atoms with Crippen molar-refractivity contribution in [2.75, 3.05) is 13.9 Å². The van der Waals surface area contributed by atoms with Gasteiger partial charge in [-0.1, -0.05) is 67.4 Å². The van der Waals surface area contributed by atoms with E-state index in [1.807, 2.05) is 18.2 Å². The van der Waals surface area contributed by atoms with Crippen molar-refractivity contribution in [3.05, 3.63) is 35.6 Å². The first-order chi connectivity index (χ1) is 16.7. The van der Waals surface area contributed by atoms with Crippen molar-refractivity contribution in [3.8, 4) is 17.2 Å². The first kappa shape index (κ1) is 28.8. The molecule has 0 aromatic heterocycles. The summed E-state index contributed by atoms with van der Waals surface area (Å²) < 4.78 is 33.2. The van der Waals surface area contributed by atoms with Crippen LogP contribution < -0.4 is 10.2 Å². The van der Waals surface area contributed by atoms with E-state index in [-0.39, 0.29) is 30.5 Å². The molecule has 3 nitrogen and oxygen atoms in total. The van der Waals surface area contributed by atoms with Crippen LogP contribution in [-0.2, 0) is 9.39 Å². The third-order valence-electron chi connectivity index (χ3n) is 8.79. The Labute approximate surface area is 219 Å². The summed E-state index contributed by atoms with van der Waals surface area (Å²) in [4.78, 5) is 0. The Hall–Kier alpha value is -1.81. The zero-order valence-electron chi connectivity index (χ0n) is 24.1. The van der Waals surface area contributed by atoms with E-state index in [2.05, 4.69) is 80.7 Å². The Bertz CT molecular complexity index is 1120. The predicted octanol–water partition coefficient (Wildman–Crippen LogP) is 7.56. The van der Waals surface area contributed by atoms with Crippen LogP contribution in [-0.4, -0.2) is 34.5 Å². The molecule has 0 N–H and O–H groups in total. The molecular formula is C30H44BFO3Si. The molecule has 36 heavy (non-hydrogen) atoms. The third kappa shape index (κ3) is 5.12. The number of fused-ring (bicyclic) bond motifs is 1. The molecule has 2 aromatic carbocycles. The zero-order valence-corrected chi connectivity index (χ0v) is 25.1. The second-order valence-corrected chi connectivity index (χ2v) is 18.0. The number of rotatable bonds is 7. The molecule has 0 amide bonds. The molecule has 0 atom stereocenters. The summed E-state index contributed by atoms with van der Waals surface area (Å²) >= 11 is 0. The number of benzene rings is 2. The normalized spacial score (nSPS) is 17.2. The molecule has 6 heteroatoms. The van der Waals surface area contributed by atoms with Crippen LogP contribution in [0.2, 0.25) is 22.9 Å². The van der Waals surface area contributed by atoms with Gasteiger partial charge in [-0.15, -0.1) is 5.54 Å². The van der Waals surface area contributed by atoms with Crippen molar-refractivity contribution in [1.29, 1.82) is 0 Å². The fourth-order valence-electron chi connectivity index (χ4n) is 6.07. The van der Waals surface area contributed by atoms with Crippen molar-refractivity contribution in [2.45, 2.75) is 97.8 Å². The predicted molar refractivity (Wildman–Crippen MR) is 153 cm³/mol. The van der Waals surface area contributed by atoms with E-state index in [0.717, 1.165) is 22.6 Å². The summed E-state index contributed by atoms with van der Waals surface area (Å²) in [7, 11) is -0.443. The Balaban J connectivity index is 2.32. The lowest BCUT2D eigenvalue weighted by atomic mass is 9.53. The monoisotopic (exact) mass is 510 g/mol. The van der Waals surface area contributed by atoms with E-state index in [4.69, 9.17) is 14.1 Å².